The van der Waals surface area contributed by atoms with Crippen LogP contribution in [-0.4, -0.2) is 55.2 Å². The summed E-state index contributed by atoms with van der Waals surface area (Å²) in [5.74, 6) is 4.07. The molecule has 0 bridgehead atoms. The van der Waals surface area contributed by atoms with Crippen LogP contribution in [0.15, 0.2) is 388 Å². The molecule has 0 saturated carbocycles. The van der Waals surface area contributed by atoms with E-state index in [0.29, 0.717) is 34.9 Å². The maximum absolute atomic E-state index is 5.54. The van der Waals surface area contributed by atoms with Crippen LogP contribution in [0, 0.1) is 0 Å². The van der Waals surface area contributed by atoms with E-state index in [1.165, 1.54) is 131 Å². The van der Waals surface area contributed by atoms with Gasteiger partial charge in [-0.05, 0) is 145 Å². The summed E-state index contributed by atoms with van der Waals surface area (Å²) in [6.45, 7) is 10.1. The van der Waals surface area contributed by atoms with Crippen molar-refractivity contribution in [2.24, 2.45) is 0 Å². The Morgan fingerprint density at radius 1 is 0.213 bits per heavy atom. The van der Waals surface area contributed by atoms with Crippen LogP contribution >= 0.6 is 0 Å². The second kappa shape index (κ2) is 26.3. The lowest BCUT2D eigenvalue weighted by Crippen LogP contribution is -2.64. The SMILES string of the molecule is C[Si]1(C)c2ccccc2C2(c3ccccc3-n3c4ccccc4c4cccc2c43)c2cccc(-c3nc(-c4ccc5ccccc5c4)nc(-c4ccc5ccccc5c4)n3)c21.C[Si]1(C)c2ccccc2C2(c3ccccc3-n3c4ccccc4c4cccc2c43)c2cccc(-c3nc(-c4cccc5ccccc45)nc(-c4cccc5ccccc45)n3)c21. The summed E-state index contributed by atoms with van der Waals surface area (Å²) in [6, 6.07) is 142. The molecule has 0 saturated heterocycles. The van der Waals surface area contributed by atoms with Gasteiger partial charge in [-0.2, -0.15) is 0 Å². The van der Waals surface area contributed by atoms with Crippen molar-refractivity contribution in [2.75, 3.05) is 0 Å². The lowest BCUT2D eigenvalue weighted by molar-refractivity contribution is 0.732. The van der Waals surface area contributed by atoms with E-state index in [-0.39, 0.29) is 0 Å². The first-order valence-corrected chi connectivity index (χ1v) is 48.2. The molecule has 18 aromatic carbocycles. The Kier molecular flexibility index (Phi) is 15.1. The molecule has 26 rings (SSSR count). The molecule has 10 heteroatoms. The van der Waals surface area contributed by atoms with Crippen molar-refractivity contribution in [1.29, 1.82) is 0 Å². The molecular formula is C112H76N8Si2. The quantitative estimate of drug-likeness (QED) is 0.154. The van der Waals surface area contributed by atoms with Crippen molar-refractivity contribution in [3.05, 3.63) is 433 Å². The van der Waals surface area contributed by atoms with Gasteiger partial charge in [0.15, 0.2) is 34.9 Å². The highest BCUT2D eigenvalue weighted by atomic mass is 28.3. The predicted molar refractivity (Wildman–Crippen MR) is 508 cm³/mol. The first-order valence-electron chi connectivity index (χ1n) is 42.2. The van der Waals surface area contributed by atoms with E-state index in [1.807, 2.05) is 0 Å². The molecule has 0 radical (unpaired) electrons. The normalized spacial score (nSPS) is 15.9. The van der Waals surface area contributed by atoms with Crippen LogP contribution in [0.2, 0.25) is 26.2 Å². The summed E-state index contributed by atoms with van der Waals surface area (Å²) < 4.78 is 5.03. The molecular weight excluding hydrogens is 1510 g/mol. The number of aromatic nitrogens is 8. The second-order valence-electron chi connectivity index (χ2n) is 34.2. The van der Waals surface area contributed by atoms with Crippen molar-refractivity contribution in [2.45, 2.75) is 37.0 Å². The van der Waals surface area contributed by atoms with Crippen LogP contribution in [0.4, 0.5) is 0 Å². The van der Waals surface area contributed by atoms with Crippen LogP contribution in [0.5, 0.6) is 0 Å². The smallest absolute Gasteiger partial charge is 0.164 e. The van der Waals surface area contributed by atoms with Gasteiger partial charge in [0.25, 0.3) is 0 Å². The topological polar surface area (TPSA) is 87.2 Å². The fourth-order valence-electron chi connectivity index (χ4n) is 22.3. The Morgan fingerprint density at radius 2 is 0.508 bits per heavy atom. The molecule has 4 aromatic heterocycles. The highest BCUT2D eigenvalue weighted by Crippen LogP contribution is 2.58. The standard InChI is InChI=1S/2C56H38N4Si/c1-61(2)50-34-12-9-29-45(50)56(44-28-8-11-33-49(44)60-48-32-10-7-23-39(48)40-24-15-30-46(56)51(40)60)47-31-16-27-43(52(47)61)55-58-53(41-25-13-19-35-17-3-5-21-37(35)41)57-54(59-55)42-26-14-20-36-18-4-6-22-38(36)42;1-61(2)50-28-12-9-23-45(50)56(44-22-8-11-27-49(44)60-48-26-10-7-19-41(48)42-20-13-24-46(56)51(42)60)47-25-14-21-43(52(47)61)55-58-53(39-31-29-35-15-3-5-17-37(35)33-39)57-54(59-55)40-32-30-36-16-4-6-18-38(36)34-40/h2*3-34H,1-2H3. The van der Waals surface area contributed by atoms with Crippen LogP contribution < -0.4 is 20.7 Å². The van der Waals surface area contributed by atoms with E-state index in [2.05, 4.69) is 424 Å². The van der Waals surface area contributed by atoms with Gasteiger partial charge in [-0.25, -0.2) is 29.9 Å². The molecule has 122 heavy (non-hydrogen) atoms. The van der Waals surface area contributed by atoms with E-state index in [9.17, 15) is 0 Å². The first-order chi connectivity index (χ1) is 60.0. The number of hydrogen-bond donors (Lipinski definition) is 0. The lowest BCUT2D eigenvalue weighted by Gasteiger charge is -2.50. The minimum absolute atomic E-state index is 0.597. The van der Waals surface area contributed by atoms with E-state index in [0.717, 1.165) is 65.7 Å². The number of rotatable bonds is 6. The molecule has 8 nitrogen and oxygen atoms in total. The highest BCUT2D eigenvalue weighted by Gasteiger charge is 2.56. The molecule has 0 aliphatic carbocycles. The van der Waals surface area contributed by atoms with Crippen molar-refractivity contribution >= 4 is 124 Å². The van der Waals surface area contributed by atoms with Crippen LogP contribution in [0.3, 0.4) is 0 Å². The number of para-hydroxylation sites is 6. The largest absolute Gasteiger partial charge is 0.309 e. The summed E-state index contributed by atoms with van der Waals surface area (Å²) in [4.78, 5) is 32.6. The monoisotopic (exact) mass is 1590 g/mol. The zero-order chi connectivity index (χ0) is 80.9. The first kappa shape index (κ1) is 70.1. The lowest BCUT2D eigenvalue weighted by atomic mass is 9.62. The third-order valence-electron chi connectivity index (χ3n) is 27.3. The van der Waals surface area contributed by atoms with Gasteiger partial charge >= 0.3 is 0 Å². The zero-order valence-electron chi connectivity index (χ0n) is 67.5. The van der Waals surface area contributed by atoms with E-state index in [1.54, 1.807) is 0 Å². The van der Waals surface area contributed by atoms with Crippen molar-refractivity contribution < 1.29 is 0 Å². The molecule has 572 valence electrons. The number of nitrogens with zero attached hydrogens (tertiary/aromatic N) is 8. The molecule has 2 spiro atoms. The fourth-order valence-corrected chi connectivity index (χ4v) is 29.4. The molecule has 2 unspecified atom stereocenters. The average Bonchev–Trinajstić information content (AvgIpc) is 1.25. The Bertz CT molecular complexity index is 8070. The third-order valence-corrected chi connectivity index (χ3v) is 34.5. The molecule has 0 N–H and O–H groups in total. The van der Waals surface area contributed by atoms with Crippen LogP contribution in [0.1, 0.15) is 44.5 Å². The Hall–Kier alpha value is -14.9. The van der Waals surface area contributed by atoms with Crippen LogP contribution in [0.25, 0.3) is 166 Å². The van der Waals surface area contributed by atoms with Crippen molar-refractivity contribution in [3.63, 3.8) is 0 Å². The summed E-state index contributed by atoms with van der Waals surface area (Å²) in [7, 11) is -4.95. The fraction of sp³-hybridized carbons (Fsp3) is 0.0536. The summed E-state index contributed by atoms with van der Waals surface area (Å²) in [5.41, 5.74) is 22.9. The summed E-state index contributed by atoms with van der Waals surface area (Å²) in [5, 5.41) is 19.9. The Morgan fingerprint density at radius 3 is 0.959 bits per heavy atom. The van der Waals surface area contributed by atoms with Crippen LogP contribution in [-0.2, 0) is 10.8 Å². The molecule has 8 heterocycles. The van der Waals surface area contributed by atoms with Gasteiger partial charge in [-0.1, -0.05) is 378 Å². The number of hydrogen-bond acceptors (Lipinski definition) is 6. The predicted octanol–water partition coefficient (Wildman–Crippen LogP) is 24.2. The molecule has 4 aliphatic rings. The highest BCUT2D eigenvalue weighted by molar-refractivity contribution is 7.03. The molecule has 4 aliphatic heterocycles. The summed E-state index contributed by atoms with van der Waals surface area (Å²) in [6.07, 6.45) is 0. The third kappa shape index (κ3) is 9.78. The molecule has 0 fully saturated rings. The Balaban J connectivity index is 0.000000134. The summed E-state index contributed by atoms with van der Waals surface area (Å²) >= 11 is 0. The van der Waals surface area contributed by atoms with E-state index in [4.69, 9.17) is 29.9 Å². The minimum atomic E-state index is -2.48. The molecule has 2 atom stereocenters. The second-order valence-corrected chi connectivity index (χ2v) is 42.8. The van der Waals surface area contributed by atoms with Gasteiger partial charge in [0, 0.05) is 54.9 Å². The maximum atomic E-state index is 5.54. The maximum Gasteiger partial charge on any atom is 0.164 e. The van der Waals surface area contributed by atoms with Gasteiger partial charge in [-0.15, -0.1) is 0 Å². The van der Waals surface area contributed by atoms with Gasteiger partial charge in [0.05, 0.1) is 44.3 Å². The van der Waals surface area contributed by atoms with Gasteiger partial charge < -0.3 is 9.13 Å². The van der Waals surface area contributed by atoms with E-state index < -0.39 is 27.0 Å². The Labute approximate surface area is 707 Å². The van der Waals surface area contributed by atoms with Gasteiger partial charge in [0.2, 0.25) is 0 Å². The van der Waals surface area contributed by atoms with Crippen molar-refractivity contribution in [3.8, 4) is 79.7 Å². The number of benzene rings is 18. The molecule has 0 amide bonds. The average molecular weight is 1590 g/mol. The molecule has 22 aromatic rings. The van der Waals surface area contributed by atoms with E-state index >= 15 is 0 Å². The minimum Gasteiger partial charge on any atom is -0.309 e. The number of fused-ring (bicyclic) bond motifs is 26. The van der Waals surface area contributed by atoms with Crippen molar-refractivity contribution in [1.82, 2.24) is 39.0 Å². The zero-order valence-corrected chi connectivity index (χ0v) is 69.5. The van der Waals surface area contributed by atoms with Gasteiger partial charge in [-0.3, -0.25) is 0 Å². The van der Waals surface area contributed by atoms with Gasteiger partial charge in [0.1, 0.15) is 16.1 Å².